The third kappa shape index (κ3) is 3.50. The molecule has 0 saturated heterocycles. The first kappa shape index (κ1) is 12.5. The molecule has 0 unspecified atom stereocenters. The van der Waals surface area contributed by atoms with Gasteiger partial charge in [-0.2, -0.15) is 0 Å². The lowest BCUT2D eigenvalue weighted by atomic mass is 10.1. The van der Waals surface area contributed by atoms with Crippen molar-refractivity contribution in [1.82, 2.24) is 0 Å². The molecule has 1 aromatic rings. The Morgan fingerprint density at radius 3 is 2.53 bits per heavy atom. The van der Waals surface area contributed by atoms with Gasteiger partial charge >= 0.3 is 0 Å². The lowest BCUT2D eigenvalue weighted by Crippen LogP contribution is -2.08. The quantitative estimate of drug-likeness (QED) is 0.795. The van der Waals surface area contributed by atoms with Crippen molar-refractivity contribution < 1.29 is 4.39 Å². The molecule has 1 atom stereocenters. The van der Waals surface area contributed by atoms with E-state index in [2.05, 4.69) is 13.8 Å². The minimum atomic E-state index is -0.157. The molecular formula is C12H18FNS. The molecular weight excluding hydrogens is 209 g/mol. The molecule has 84 valence electrons. The first-order valence-corrected chi connectivity index (χ1v) is 6.17. The Bertz CT molecular complexity index is 323. The van der Waals surface area contributed by atoms with Gasteiger partial charge in [0, 0.05) is 16.7 Å². The van der Waals surface area contributed by atoms with Gasteiger partial charge in [-0.3, -0.25) is 0 Å². The van der Waals surface area contributed by atoms with Crippen molar-refractivity contribution in [2.24, 2.45) is 11.7 Å². The predicted molar refractivity (Wildman–Crippen MR) is 64.6 cm³/mol. The topological polar surface area (TPSA) is 26.0 Å². The van der Waals surface area contributed by atoms with Crippen LogP contribution in [0.3, 0.4) is 0 Å². The summed E-state index contributed by atoms with van der Waals surface area (Å²) in [6.45, 7) is 6.13. The average Bonchev–Trinajstić information content (AvgIpc) is 2.15. The molecule has 0 aliphatic carbocycles. The lowest BCUT2D eigenvalue weighted by molar-refractivity contribution is 0.591. The van der Waals surface area contributed by atoms with Crippen molar-refractivity contribution in [3.63, 3.8) is 0 Å². The summed E-state index contributed by atoms with van der Waals surface area (Å²) in [7, 11) is 0. The van der Waals surface area contributed by atoms with E-state index in [4.69, 9.17) is 5.73 Å². The fraction of sp³-hybridized carbons (Fsp3) is 0.500. The van der Waals surface area contributed by atoms with E-state index in [1.807, 2.05) is 13.0 Å². The molecule has 0 fully saturated rings. The smallest absolute Gasteiger partial charge is 0.137 e. The third-order valence-corrected chi connectivity index (χ3v) is 3.60. The second kappa shape index (κ2) is 5.52. The maximum absolute atomic E-state index is 13.6. The molecule has 0 radical (unpaired) electrons. The van der Waals surface area contributed by atoms with Crippen molar-refractivity contribution >= 4 is 11.8 Å². The van der Waals surface area contributed by atoms with Crippen LogP contribution in [0.4, 0.5) is 4.39 Å². The Balaban J connectivity index is 2.92. The monoisotopic (exact) mass is 227 g/mol. The Hall–Kier alpha value is -0.540. The molecule has 0 heterocycles. The molecule has 0 aromatic heterocycles. The van der Waals surface area contributed by atoms with Gasteiger partial charge in [0.2, 0.25) is 0 Å². The number of rotatable bonds is 4. The third-order valence-electron chi connectivity index (χ3n) is 2.05. The maximum Gasteiger partial charge on any atom is 0.137 e. The summed E-state index contributed by atoms with van der Waals surface area (Å²) in [5.74, 6) is 1.31. The number of halogens is 1. The summed E-state index contributed by atoms with van der Waals surface area (Å²) in [4.78, 5) is 0.709. The summed E-state index contributed by atoms with van der Waals surface area (Å²) >= 11 is 1.56. The highest BCUT2D eigenvalue weighted by molar-refractivity contribution is 7.99. The molecule has 1 nitrogen and oxygen atoms in total. The molecule has 3 heteroatoms. The second-order valence-corrected chi connectivity index (χ2v) is 5.18. The highest BCUT2D eigenvalue weighted by Gasteiger charge is 2.12. The number of hydrogen-bond acceptors (Lipinski definition) is 2. The van der Waals surface area contributed by atoms with E-state index in [1.54, 1.807) is 17.8 Å². The lowest BCUT2D eigenvalue weighted by Gasteiger charge is -2.13. The van der Waals surface area contributed by atoms with Crippen molar-refractivity contribution in [3.05, 3.63) is 29.6 Å². The fourth-order valence-electron chi connectivity index (χ4n) is 1.29. The van der Waals surface area contributed by atoms with Crippen LogP contribution in [0.5, 0.6) is 0 Å². The van der Waals surface area contributed by atoms with Crippen LogP contribution >= 0.6 is 11.8 Å². The molecule has 0 saturated carbocycles. The van der Waals surface area contributed by atoms with Gasteiger partial charge in [-0.15, -0.1) is 11.8 Å². The van der Waals surface area contributed by atoms with Gasteiger partial charge in [0.05, 0.1) is 0 Å². The van der Waals surface area contributed by atoms with Gasteiger partial charge in [0.25, 0.3) is 0 Å². The fourth-order valence-corrected chi connectivity index (χ4v) is 2.41. The minimum Gasteiger partial charge on any atom is -0.324 e. The molecule has 1 rings (SSSR count). The van der Waals surface area contributed by atoms with E-state index in [9.17, 15) is 4.39 Å². The molecule has 0 bridgehead atoms. The number of thioether (sulfide) groups is 1. The number of benzene rings is 1. The van der Waals surface area contributed by atoms with Crippen LogP contribution in [0.15, 0.2) is 23.1 Å². The summed E-state index contributed by atoms with van der Waals surface area (Å²) in [5.41, 5.74) is 6.71. The number of nitrogens with two attached hydrogens (primary N) is 1. The highest BCUT2D eigenvalue weighted by atomic mass is 32.2. The standard InChI is InChI=1S/C12H18FNS/c1-8(2)7-15-12-10(9(3)14)5-4-6-11(12)13/h4-6,8-9H,7,14H2,1-3H3/t9-/m0/s1. The van der Waals surface area contributed by atoms with Gasteiger partial charge in [0.15, 0.2) is 0 Å². The van der Waals surface area contributed by atoms with Crippen LogP contribution in [0, 0.1) is 11.7 Å². The summed E-state index contributed by atoms with van der Waals surface area (Å²) in [6, 6.07) is 4.99. The van der Waals surface area contributed by atoms with Gasteiger partial charge in [0.1, 0.15) is 5.82 Å². The average molecular weight is 227 g/mol. The van der Waals surface area contributed by atoms with Crippen LogP contribution < -0.4 is 5.73 Å². The zero-order valence-corrected chi connectivity index (χ0v) is 10.3. The molecule has 1 aromatic carbocycles. The largest absolute Gasteiger partial charge is 0.324 e. The van der Waals surface area contributed by atoms with Crippen molar-refractivity contribution in [2.45, 2.75) is 31.7 Å². The number of hydrogen-bond donors (Lipinski definition) is 1. The van der Waals surface area contributed by atoms with Crippen LogP contribution in [0.25, 0.3) is 0 Å². The predicted octanol–water partition coefficient (Wildman–Crippen LogP) is 3.59. The van der Waals surface area contributed by atoms with E-state index in [-0.39, 0.29) is 11.9 Å². The normalized spacial score (nSPS) is 13.2. The molecule has 0 aliphatic heterocycles. The molecule has 0 aliphatic rings. The second-order valence-electron chi connectivity index (χ2n) is 4.15. The van der Waals surface area contributed by atoms with Crippen LogP contribution in [-0.2, 0) is 0 Å². The van der Waals surface area contributed by atoms with E-state index < -0.39 is 0 Å². The summed E-state index contributed by atoms with van der Waals surface area (Å²) < 4.78 is 13.6. The summed E-state index contributed by atoms with van der Waals surface area (Å²) in [6.07, 6.45) is 0. The Morgan fingerprint density at radius 2 is 2.00 bits per heavy atom. The summed E-state index contributed by atoms with van der Waals surface area (Å²) in [5, 5.41) is 0. The first-order chi connectivity index (χ1) is 7.02. The van der Waals surface area contributed by atoms with E-state index in [0.29, 0.717) is 10.8 Å². The van der Waals surface area contributed by atoms with E-state index >= 15 is 0 Å². The molecule has 0 spiro atoms. The molecule has 0 amide bonds. The minimum absolute atomic E-state index is 0.115. The zero-order valence-electron chi connectivity index (χ0n) is 9.46. The zero-order chi connectivity index (χ0) is 11.4. The van der Waals surface area contributed by atoms with Crippen molar-refractivity contribution in [1.29, 1.82) is 0 Å². The Kier molecular flexibility index (Phi) is 4.61. The molecule has 2 N–H and O–H groups in total. The Labute approximate surface area is 95.2 Å². The van der Waals surface area contributed by atoms with Gasteiger partial charge in [-0.05, 0) is 24.5 Å². The van der Waals surface area contributed by atoms with Gasteiger partial charge in [-0.1, -0.05) is 26.0 Å². The Morgan fingerprint density at radius 1 is 1.33 bits per heavy atom. The maximum atomic E-state index is 13.6. The van der Waals surface area contributed by atoms with Crippen molar-refractivity contribution in [2.75, 3.05) is 5.75 Å². The van der Waals surface area contributed by atoms with E-state index in [1.165, 1.54) is 6.07 Å². The highest BCUT2D eigenvalue weighted by Crippen LogP contribution is 2.30. The van der Waals surface area contributed by atoms with Crippen molar-refractivity contribution in [3.8, 4) is 0 Å². The van der Waals surface area contributed by atoms with Crippen LogP contribution in [0.1, 0.15) is 32.4 Å². The van der Waals surface area contributed by atoms with E-state index in [0.717, 1.165) is 11.3 Å². The van der Waals surface area contributed by atoms with Crippen LogP contribution in [0.2, 0.25) is 0 Å². The SMILES string of the molecule is CC(C)CSc1c(F)cccc1[C@H](C)N. The first-order valence-electron chi connectivity index (χ1n) is 5.19. The van der Waals surface area contributed by atoms with Crippen LogP contribution in [-0.4, -0.2) is 5.75 Å². The van der Waals surface area contributed by atoms with Gasteiger partial charge < -0.3 is 5.73 Å². The molecule has 15 heavy (non-hydrogen) atoms. The van der Waals surface area contributed by atoms with Gasteiger partial charge in [-0.25, -0.2) is 4.39 Å².